The third kappa shape index (κ3) is 7.00. The van der Waals surface area contributed by atoms with Crippen LogP contribution >= 0.6 is 15.9 Å². The quantitative estimate of drug-likeness (QED) is 0.658. The molecule has 0 aromatic heterocycles. The highest BCUT2D eigenvalue weighted by molar-refractivity contribution is 9.10. The summed E-state index contributed by atoms with van der Waals surface area (Å²) in [6, 6.07) is 17.6. The Bertz CT molecular complexity index is 716. The number of halogens is 1. The van der Waals surface area contributed by atoms with Gasteiger partial charge in [-0.2, -0.15) is 0 Å². The minimum atomic E-state index is -0.808. The van der Waals surface area contributed by atoms with E-state index in [1.165, 1.54) is 5.56 Å². The van der Waals surface area contributed by atoms with Crippen LogP contribution in [0.3, 0.4) is 0 Å². The molecule has 0 aliphatic heterocycles. The van der Waals surface area contributed by atoms with Crippen LogP contribution in [0.25, 0.3) is 0 Å². The van der Waals surface area contributed by atoms with Crippen LogP contribution in [0.5, 0.6) is 0 Å². The van der Waals surface area contributed by atoms with Crippen molar-refractivity contribution >= 4 is 27.8 Å². The Hall–Kier alpha value is -2.14. The van der Waals surface area contributed by atoms with Gasteiger partial charge in [0.05, 0.1) is 6.42 Å². The molecule has 0 saturated carbocycles. The number of carbonyl (C=O) groups is 2. The smallest absolute Gasteiger partial charge is 0.311 e. The van der Waals surface area contributed by atoms with Crippen LogP contribution < -0.4 is 5.32 Å². The summed E-state index contributed by atoms with van der Waals surface area (Å²) in [5.74, 6) is -0.679. The van der Waals surface area contributed by atoms with Gasteiger partial charge in [-0.3, -0.25) is 9.59 Å². The van der Waals surface area contributed by atoms with Crippen LogP contribution in [-0.2, 0) is 27.2 Å². The first-order chi connectivity index (χ1) is 12.4. The van der Waals surface area contributed by atoms with E-state index in [2.05, 4.69) is 33.4 Å². The van der Waals surface area contributed by atoms with Gasteiger partial charge in [0, 0.05) is 10.5 Å². The van der Waals surface area contributed by atoms with Gasteiger partial charge >= 0.3 is 5.97 Å². The molecule has 2 atom stereocenters. The third-order valence-electron chi connectivity index (χ3n) is 4.04. The van der Waals surface area contributed by atoms with E-state index in [9.17, 15) is 9.59 Å². The fraction of sp³-hybridized carbons (Fsp3) is 0.333. The number of benzene rings is 2. The lowest BCUT2D eigenvalue weighted by molar-refractivity contribution is -0.154. The summed E-state index contributed by atoms with van der Waals surface area (Å²) in [5.41, 5.74) is 2.09. The molecule has 0 spiro atoms. The number of aryl methyl sites for hydroxylation is 1. The Balaban J connectivity index is 1.73. The maximum Gasteiger partial charge on any atom is 0.311 e. The number of hydrogen-bond acceptors (Lipinski definition) is 3. The van der Waals surface area contributed by atoms with Gasteiger partial charge in [0.25, 0.3) is 5.91 Å². The molecule has 0 heterocycles. The average molecular weight is 418 g/mol. The summed E-state index contributed by atoms with van der Waals surface area (Å²) in [7, 11) is 0. The molecule has 5 heteroatoms. The van der Waals surface area contributed by atoms with Gasteiger partial charge in [0.2, 0.25) is 0 Å². The number of hydrogen-bond donors (Lipinski definition) is 1. The Morgan fingerprint density at radius 2 is 1.65 bits per heavy atom. The SMILES string of the molecule is C[C@H](CCc1ccccc1)NC(=O)[C@@H](C)OC(=O)Cc1ccc(Br)cc1. The molecular weight excluding hydrogens is 394 g/mol. The number of ether oxygens (including phenoxy) is 1. The normalized spacial score (nSPS) is 12.9. The van der Waals surface area contributed by atoms with Crippen LogP contribution in [0.15, 0.2) is 59.1 Å². The number of amides is 1. The zero-order valence-corrected chi connectivity index (χ0v) is 16.7. The number of carbonyl (C=O) groups excluding carboxylic acids is 2. The van der Waals surface area contributed by atoms with Crippen LogP contribution in [0, 0.1) is 0 Å². The first kappa shape index (κ1) is 20.2. The molecule has 0 aliphatic rings. The number of nitrogens with one attached hydrogen (secondary N) is 1. The van der Waals surface area contributed by atoms with Crippen molar-refractivity contribution < 1.29 is 14.3 Å². The fourth-order valence-electron chi connectivity index (χ4n) is 2.52. The van der Waals surface area contributed by atoms with Gasteiger partial charge in [-0.25, -0.2) is 0 Å². The third-order valence-corrected chi connectivity index (χ3v) is 4.57. The van der Waals surface area contributed by atoms with E-state index in [0.717, 1.165) is 22.9 Å². The molecule has 0 unspecified atom stereocenters. The Morgan fingerprint density at radius 1 is 1.00 bits per heavy atom. The van der Waals surface area contributed by atoms with Crippen molar-refractivity contribution in [2.24, 2.45) is 0 Å². The monoisotopic (exact) mass is 417 g/mol. The van der Waals surface area contributed by atoms with E-state index in [-0.39, 0.29) is 18.4 Å². The van der Waals surface area contributed by atoms with Gasteiger partial charge in [0.15, 0.2) is 6.10 Å². The lowest BCUT2D eigenvalue weighted by atomic mass is 10.1. The molecule has 0 bridgehead atoms. The summed E-state index contributed by atoms with van der Waals surface area (Å²) in [5, 5.41) is 2.90. The fourth-order valence-corrected chi connectivity index (χ4v) is 2.79. The predicted octanol–water partition coefficient (Wildman–Crippen LogP) is 4.06. The molecule has 1 N–H and O–H groups in total. The van der Waals surface area contributed by atoms with E-state index in [1.54, 1.807) is 6.92 Å². The standard InChI is InChI=1S/C21H24BrNO3/c1-15(8-9-17-6-4-3-5-7-17)23-21(25)16(2)26-20(24)14-18-10-12-19(22)13-11-18/h3-7,10-13,15-16H,8-9,14H2,1-2H3,(H,23,25)/t15-,16-/m1/s1. The summed E-state index contributed by atoms with van der Waals surface area (Å²) in [6.07, 6.45) is 1.06. The lowest BCUT2D eigenvalue weighted by Gasteiger charge is -2.18. The predicted molar refractivity (Wildman–Crippen MR) is 106 cm³/mol. The maximum absolute atomic E-state index is 12.2. The second kappa shape index (κ2) is 10.1. The second-order valence-electron chi connectivity index (χ2n) is 6.37. The van der Waals surface area contributed by atoms with E-state index in [1.807, 2.05) is 49.4 Å². The largest absolute Gasteiger partial charge is 0.452 e. The van der Waals surface area contributed by atoms with E-state index in [0.29, 0.717) is 0 Å². The summed E-state index contributed by atoms with van der Waals surface area (Å²) >= 11 is 3.35. The van der Waals surface area contributed by atoms with Crippen molar-refractivity contribution in [3.05, 3.63) is 70.2 Å². The molecule has 1 amide bonds. The topological polar surface area (TPSA) is 55.4 Å². The zero-order valence-electron chi connectivity index (χ0n) is 15.1. The van der Waals surface area contributed by atoms with Crippen molar-refractivity contribution in [1.82, 2.24) is 5.32 Å². The number of rotatable bonds is 8. The first-order valence-electron chi connectivity index (χ1n) is 8.72. The van der Waals surface area contributed by atoms with Crippen LogP contribution in [-0.4, -0.2) is 24.0 Å². The Morgan fingerprint density at radius 3 is 2.31 bits per heavy atom. The minimum absolute atomic E-state index is 0.00957. The van der Waals surface area contributed by atoms with Gasteiger partial charge in [0.1, 0.15) is 0 Å². The molecule has 0 saturated heterocycles. The molecular formula is C21H24BrNO3. The van der Waals surface area contributed by atoms with Crippen molar-refractivity contribution in [1.29, 1.82) is 0 Å². The van der Waals surface area contributed by atoms with E-state index < -0.39 is 12.1 Å². The molecule has 0 radical (unpaired) electrons. The van der Waals surface area contributed by atoms with Gasteiger partial charge in [-0.15, -0.1) is 0 Å². The molecule has 0 fully saturated rings. The van der Waals surface area contributed by atoms with Crippen molar-refractivity contribution in [2.75, 3.05) is 0 Å². The average Bonchev–Trinajstić information content (AvgIpc) is 2.62. The van der Waals surface area contributed by atoms with Crippen molar-refractivity contribution in [3.63, 3.8) is 0 Å². The highest BCUT2D eigenvalue weighted by Crippen LogP contribution is 2.11. The minimum Gasteiger partial charge on any atom is -0.452 e. The molecule has 2 aromatic rings. The van der Waals surface area contributed by atoms with Gasteiger partial charge < -0.3 is 10.1 Å². The maximum atomic E-state index is 12.2. The van der Waals surface area contributed by atoms with Gasteiger partial charge in [-0.05, 0) is 49.9 Å². The molecule has 2 aromatic carbocycles. The van der Waals surface area contributed by atoms with Crippen LogP contribution in [0.2, 0.25) is 0 Å². The molecule has 0 aliphatic carbocycles. The lowest BCUT2D eigenvalue weighted by Crippen LogP contribution is -2.41. The van der Waals surface area contributed by atoms with Crippen LogP contribution in [0.1, 0.15) is 31.4 Å². The molecule has 26 heavy (non-hydrogen) atoms. The highest BCUT2D eigenvalue weighted by atomic mass is 79.9. The summed E-state index contributed by atoms with van der Waals surface area (Å²) in [4.78, 5) is 24.2. The molecule has 2 rings (SSSR count). The van der Waals surface area contributed by atoms with Crippen LogP contribution in [0.4, 0.5) is 0 Å². The van der Waals surface area contributed by atoms with E-state index >= 15 is 0 Å². The van der Waals surface area contributed by atoms with Crippen molar-refractivity contribution in [2.45, 2.75) is 45.3 Å². The van der Waals surface area contributed by atoms with Gasteiger partial charge in [-0.1, -0.05) is 58.4 Å². The van der Waals surface area contributed by atoms with Crippen molar-refractivity contribution in [3.8, 4) is 0 Å². The van der Waals surface area contributed by atoms with E-state index in [4.69, 9.17) is 4.74 Å². The Kier molecular flexibility index (Phi) is 7.85. The Labute approximate surface area is 163 Å². The zero-order chi connectivity index (χ0) is 18.9. The number of esters is 1. The molecule has 138 valence electrons. The summed E-state index contributed by atoms with van der Waals surface area (Å²) < 4.78 is 6.20. The highest BCUT2D eigenvalue weighted by Gasteiger charge is 2.19. The first-order valence-corrected chi connectivity index (χ1v) is 9.51. The second-order valence-corrected chi connectivity index (χ2v) is 7.28. The molecule has 4 nitrogen and oxygen atoms in total. The summed E-state index contributed by atoms with van der Waals surface area (Å²) in [6.45, 7) is 3.55.